The minimum absolute atomic E-state index is 0.228. The molecule has 2 aliphatic carbocycles. The normalized spacial score (nSPS) is 50.2. The first-order valence-corrected chi connectivity index (χ1v) is 10.3. The molecule has 0 spiro atoms. The average Bonchev–Trinajstić information content (AvgIpc) is 3.17. The van der Waals surface area contributed by atoms with E-state index in [2.05, 4.69) is 22.4 Å². The van der Waals surface area contributed by atoms with Gasteiger partial charge in [0.15, 0.2) is 0 Å². The maximum absolute atomic E-state index is 11.6. The van der Waals surface area contributed by atoms with E-state index in [4.69, 9.17) is 5.73 Å². The molecule has 5 N–H and O–H groups in total. The first-order valence-electron chi connectivity index (χ1n) is 9.28. The smallest absolute Gasteiger partial charge is 0.0999 e. The van der Waals surface area contributed by atoms with Crippen LogP contribution in [-0.4, -0.2) is 40.6 Å². The lowest BCUT2D eigenvalue weighted by molar-refractivity contribution is -0.0886. The third-order valence-electron chi connectivity index (χ3n) is 6.81. The molecule has 0 radical (unpaired) electrons. The van der Waals surface area contributed by atoms with Gasteiger partial charge in [0.05, 0.1) is 17.1 Å². The van der Waals surface area contributed by atoms with Crippen LogP contribution in [0.4, 0.5) is 0 Å². The Labute approximate surface area is 138 Å². The van der Waals surface area contributed by atoms with Gasteiger partial charge in [-0.1, -0.05) is 19.3 Å². The fourth-order valence-corrected chi connectivity index (χ4v) is 6.90. The zero-order chi connectivity index (χ0) is 15.2. The van der Waals surface area contributed by atoms with E-state index in [9.17, 15) is 5.11 Å². The second-order valence-corrected chi connectivity index (χ2v) is 9.15. The molecule has 5 heteroatoms. The molecule has 126 valence electrons. The van der Waals surface area contributed by atoms with Gasteiger partial charge in [-0.2, -0.15) is 0 Å². The monoisotopic (exact) mass is 325 g/mol. The molecule has 4 fully saturated rings. The van der Waals surface area contributed by atoms with Crippen molar-refractivity contribution in [3.05, 3.63) is 0 Å². The minimum Gasteiger partial charge on any atom is -0.386 e. The van der Waals surface area contributed by atoms with Crippen LogP contribution in [0.15, 0.2) is 0 Å². The zero-order valence-electron chi connectivity index (χ0n) is 13.5. The van der Waals surface area contributed by atoms with Gasteiger partial charge in [0.1, 0.15) is 0 Å². The fourth-order valence-electron chi connectivity index (χ4n) is 5.65. The summed E-state index contributed by atoms with van der Waals surface area (Å²) >= 11 is 2.08. The number of fused-ring (bicyclic) bond motifs is 1. The third-order valence-corrected chi connectivity index (χ3v) is 8.16. The van der Waals surface area contributed by atoms with Crippen LogP contribution in [-0.2, 0) is 0 Å². The molecular weight excluding hydrogens is 294 g/mol. The largest absolute Gasteiger partial charge is 0.386 e. The molecule has 4 nitrogen and oxygen atoms in total. The Hall–Kier alpha value is 0.190. The summed E-state index contributed by atoms with van der Waals surface area (Å²) in [6, 6.07) is 0.435. The molecule has 0 bridgehead atoms. The lowest BCUT2D eigenvalue weighted by Gasteiger charge is -2.45. The highest BCUT2D eigenvalue weighted by Crippen LogP contribution is 2.50. The van der Waals surface area contributed by atoms with E-state index in [0.717, 1.165) is 25.8 Å². The molecule has 0 amide bonds. The van der Waals surface area contributed by atoms with E-state index in [-0.39, 0.29) is 6.17 Å². The number of aliphatic hydroxyl groups is 1. The van der Waals surface area contributed by atoms with Crippen molar-refractivity contribution >= 4 is 11.8 Å². The molecule has 4 aliphatic rings. The van der Waals surface area contributed by atoms with Gasteiger partial charge in [-0.15, -0.1) is 11.8 Å². The van der Waals surface area contributed by atoms with Crippen LogP contribution in [0.2, 0.25) is 0 Å². The molecule has 6 unspecified atom stereocenters. The van der Waals surface area contributed by atoms with Gasteiger partial charge in [0.25, 0.3) is 0 Å². The predicted octanol–water partition coefficient (Wildman–Crippen LogP) is 1.63. The summed E-state index contributed by atoms with van der Waals surface area (Å²) in [4.78, 5) is 0. The molecule has 2 heterocycles. The van der Waals surface area contributed by atoms with Gasteiger partial charge in [0, 0.05) is 24.3 Å². The Morgan fingerprint density at radius 2 is 1.91 bits per heavy atom. The molecule has 0 aromatic heterocycles. The van der Waals surface area contributed by atoms with E-state index in [1.54, 1.807) is 0 Å². The second-order valence-electron chi connectivity index (χ2n) is 7.90. The number of nitrogens with two attached hydrogens (primary N) is 1. The Morgan fingerprint density at radius 3 is 2.64 bits per heavy atom. The first-order chi connectivity index (χ1) is 10.7. The lowest BCUT2D eigenvalue weighted by Crippen LogP contribution is -2.57. The Balaban J connectivity index is 1.53. The summed E-state index contributed by atoms with van der Waals surface area (Å²) in [6.07, 6.45) is 9.54. The first kappa shape index (κ1) is 15.7. The Bertz CT molecular complexity index is 397. The van der Waals surface area contributed by atoms with Crippen LogP contribution >= 0.6 is 11.8 Å². The van der Waals surface area contributed by atoms with Gasteiger partial charge in [-0.3, -0.25) is 5.32 Å². The van der Waals surface area contributed by atoms with Crippen molar-refractivity contribution < 1.29 is 5.11 Å². The summed E-state index contributed by atoms with van der Waals surface area (Å²) in [7, 11) is 0. The topological polar surface area (TPSA) is 70.3 Å². The summed E-state index contributed by atoms with van der Waals surface area (Å²) < 4.78 is 0. The zero-order valence-corrected chi connectivity index (χ0v) is 14.3. The molecule has 2 saturated heterocycles. The number of thioether (sulfide) groups is 1. The third kappa shape index (κ3) is 2.53. The van der Waals surface area contributed by atoms with Crippen molar-refractivity contribution in [2.45, 2.75) is 74.5 Å². The van der Waals surface area contributed by atoms with Gasteiger partial charge >= 0.3 is 0 Å². The summed E-state index contributed by atoms with van der Waals surface area (Å²) in [5.74, 6) is 2.70. The highest BCUT2D eigenvalue weighted by atomic mass is 32.2. The Kier molecular flexibility index (Phi) is 4.46. The average molecular weight is 326 g/mol. The van der Waals surface area contributed by atoms with Crippen molar-refractivity contribution in [3.8, 4) is 0 Å². The number of nitrogens with one attached hydrogen (secondary N) is 2. The molecular formula is C17H31N3OS. The number of hydrogen-bond donors (Lipinski definition) is 4. The van der Waals surface area contributed by atoms with Crippen LogP contribution in [0.5, 0.6) is 0 Å². The molecule has 6 atom stereocenters. The molecule has 0 aromatic carbocycles. The molecule has 4 rings (SSSR count). The fraction of sp³-hybridized carbons (Fsp3) is 1.00. The second kappa shape index (κ2) is 6.25. The summed E-state index contributed by atoms with van der Waals surface area (Å²) in [5.41, 5.74) is 5.75. The van der Waals surface area contributed by atoms with E-state index in [1.807, 2.05) is 0 Å². The van der Waals surface area contributed by atoms with Crippen LogP contribution in [0.25, 0.3) is 0 Å². The van der Waals surface area contributed by atoms with E-state index < -0.39 is 5.60 Å². The van der Waals surface area contributed by atoms with Crippen LogP contribution in [0.3, 0.4) is 0 Å². The van der Waals surface area contributed by atoms with Crippen molar-refractivity contribution in [1.82, 2.24) is 10.6 Å². The quantitative estimate of drug-likeness (QED) is 0.621. The minimum atomic E-state index is -0.674. The molecule has 22 heavy (non-hydrogen) atoms. The van der Waals surface area contributed by atoms with Crippen molar-refractivity contribution in [2.24, 2.45) is 23.5 Å². The summed E-state index contributed by atoms with van der Waals surface area (Å²) in [6.45, 7) is 1.14. The lowest BCUT2D eigenvalue weighted by atomic mass is 9.64. The van der Waals surface area contributed by atoms with Gasteiger partial charge in [-0.05, 0) is 43.9 Å². The highest BCUT2D eigenvalue weighted by Gasteiger charge is 2.58. The Morgan fingerprint density at radius 1 is 1.09 bits per heavy atom. The maximum atomic E-state index is 11.6. The molecule has 2 aliphatic heterocycles. The standard InChI is InChI=1S/C17H31N3OS/c18-16-17(21,12-4-2-1-3-5-12)13-10-11(6-7-14(13)20-16)15-19-8-9-22-15/h11-16,19-21H,1-10,18H2. The van der Waals surface area contributed by atoms with Crippen molar-refractivity contribution in [2.75, 3.05) is 12.3 Å². The van der Waals surface area contributed by atoms with Gasteiger partial charge < -0.3 is 16.2 Å². The van der Waals surface area contributed by atoms with Crippen molar-refractivity contribution in [3.63, 3.8) is 0 Å². The van der Waals surface area contributed by atoms with E-state index >= 15 is 0 Å². The summed E-state index contributed by atoms with van der Waals surface area (Å²) in [5, 5.41) is 19.4. The van der Waals surface area contributed by atoms with Crippen LogP contribution in [0.1, 0.15) is 51.4 Å². The van der Waals surface area contributed by atoms with Crippen LogP contribution in [0, 0.1) is 17.8 Å². The number of hydrogen-bond acceptors (Lipinski definition) is 5. The highest BCUT2D eigenvalue weighted by molar-refractivity contribution is 8.00. The molecule has 0 aromatic rings. The van der Waals surface area contributed by atoms with Gasteiger partial charge in [0.2, 0.25) is 0 Å². The van der Waals surface area contributed by atoms with Crippen molar-refractivity contribution in [1.29, 1.82) is 0 Å². The predicted molar refractivity (Wildman–Crippen MR) is 91.5 cm³/mol. The number of rotatable bonds is 2. The van der Waals surface area contributed by atoms with E-state index in [0.29, 0.717) is 29.2 Å². The SMILES string of the molecule is NC1NC2CCC(C3NCCS3)CC2C1(O)C1CCCCC1. The molecule has 2 saturated carbocycles. The van der Waals surface area contributed by atoms with E-state index in [1.165, 1.54) is 37.9 Å². The maximum Gasteiger partial charge on any atom is 0.0999 e. The van der Waals surface area contributed by atoms with Gasteiger partial charge in [-0.25, -0.2) is 0 Å². The van der Waals surface area contributed by atoms with Crippen LogP contribution < -0.4 is 16.4 Å².